The summed E-state index contributed by atoms with van der Waals surface area (Å²) in [5.74, 6) is 0.0481. The van der Waals surface area contributed by atoms with Crippen LogP contribution in [0.2, 0.25) is 10.0 Å². The quantitative estimate of drug-likeness (QED) is 0.533. The van der Waals surface area contributed by atoms with Crippen molar-refractivity contribution in [3.05, 3.63) is 74.5 Å². The van der Waals surface area contributed by atoms with Crippen molar-refractivity contribution in [3.63, 3.8) is 0 Å². The number of thiazole rings is 1. The number of benzene rings is 2. The van der Waals surface area contributed by atoms with E-state index in [2.05, 4.69) is 15.2 Å². The van der Waals surface area contributed by atoms with Gasteiger partial charge in [-0.3, -0.25) is 9.69 Å². The second kappa shape index (κ2) is 9.92. The summed E-state index contributed by atoms with van der Waals surface area (Å²) in [4.78, 5) is 19.5. The third kappa shape index (κ3) is 5.61. The van der Waals surface area contributed by atoms with Gasteiger partial charge in [-0.1, -0.05) is 59.6 Å². The van der Waals surface area contributed by atoms with E-state index in [9.17, 15) is 4.79 Å². The van der Waals surface area contributed by atoms with E-state index in [-0.39, 0.29) is 11.9 Å². The van der Waals surface area contributed by atoms with Crippen LogP contribution in [0, 0.1) is 0 Å². The molecule has 30 heavy (non-hydrogen) atoms. The first-order chi connectivity index (χ1) is 14.6. The zero-order valence-electron chi connectivity index (χ0n) is 16.5. The molecule has 1 amide bonds. The van der Waals surface area contributed by atoms with E-state index in [1.54, 1.807) is 0 Å². The molecular weight excluding hydrogens is 437 g/mol. The monoisotopic (exact) mass is 459 g/mol. The fourth-order valence-electron chi connectivity index (χ4n) is 3.68. The predicted octanol–water partition coefficient (Wildman–Crippen LogP) is 5.44. The van der Waals surface area contributed by atoms with E-state index >= 15 is 0 Å². The van der Waals surface area contributed by atoms with Crippen LogP contribution in [0.25, 0.3) is 11.3 Å². The Morgan fingerprint density at radius 2 is 1.87 bits per heavy atom. The molecule has 1 aliphatic rings. The van der Waals surface area contributed by atoms with Crippen LogP contribution in [-0.2, 0) is 17.8 Å². The molecule has 2 heterocycles. The van der Waals surface area contributed by atoms with Crippen LogP contribution in [0.4, 0.5) is 0 Å². The molecule has 4 nitrogen and oxygen atoms in total. The fourth-order valence-corrected chi connectivity index (χ4v) is 4.80. The molecule has 0 atom stereocenters. The first-order valence-electron chi connectivity index (χ1n) is 10.0. The largest absolute Gasteiger partial charge is 0.353 e. The van der Waals surface area contributed by atoms with Crippen LogP contribution in [0.5, 0.6) is 0 Å². The molecule has 4 rings (SSSR count). The van der Waals surface area contributed by atoms with E-state index in [0.29, 0.717) is 16.5 Å². The van der Waals surface area contributed by atoms with E-state index in [1.807, 2.05) is 53.9 Å². The summed E-state index contributed by atoms with van der Waals surface area (Å²) in [6.07, 6.45) is 2.22. The predicted molar refractivity (Wildman–Crippen MR) is 124 cm³/mol. The SMILES string of the molecule is O=C(Cc1nc(-c2ccccc2)cs1)NC1CCN(Cc2ccc(Cl)c(Cl)c2)CC1. The zero-order chi connectivity index (χ0) is 20.9. The lowest BCUT2D eigenvalue weighted by atomic mass is 10.0. The maximum Gasteiger partial charge on any atom is 0.227 e. The van der Waals surface area contributed by atoms with Gasteiger partial charge in [-0.05, 0) is 30.5 Å². The molecule has 0 saturated carbocycles. The highest BCUT2D eigenvalue weighted by atomic mass is 35.5. The molecule has 156 valence electrons. The third-order valence-electron chi connectivity index (χ3n) is 5.28. The normalized spacial score (nSPS) is 15.3. The Morgan fingerprint density at radius 1 is 1.10 bits per heavy atom. The van der Waals surface area contributed by atoms with Crippen LogP contribution in [0.3, 0.4) is 0 Å². The lowest BCUT2D eigenvalue weighted by Gasteiger charge is -2.32. The van der Waals surface area contributed by atoms with Crippen molar-refractivity contribution in [1.82, 2.24) is 15.2 Å². The van der Waals surface area contributed by atoms with Gasteiger partial charge in [0.2, 0.25) is 5.91 Å². The zero-order valence-corrected chi connectivity index (χ0v) is 18.8. The highest BCUT2D eigenvalue weighted by molar-refractivity contribution is 7.10. The van der Waals surface area contributed by atoms with Gasteiger partial charge in [0.25, 0.3) is 0 Å². The minimum atomic E-state index is 0.0481. The van der Waals surface area contributed by atoms with E-state index < -0.39 is 0 Å². The number of carbonyl (C=O) groups excluding carboxylic acids is 1. The number of aromatic nitrogens is 1. The van der Waals surface area contributed by atoms with Gasteiger partial charge in [-0.15, -0.1) is 11.3 Å². The van der Waals surface area contributed by atoms with Crippen molar-refractivity contribution >= 4 is 40.4 Å². The van der Waals surface area contributed by atoms with Crippen molar-refractivity contribution in [2.45, 2.75) is 31.8 Å². The average Bonchev–Trinajstić information content (AvgIpc) is 3.21. The Morgan fingerprint density at radius 3 is 2.60 bits per heavy atom. The molecule has 0 bridgehead atoms. The second-order valence-electron chi connectivity index (χ2n) is 7.54. The Labute approximate surface area is 190 Å². The number of rotatable bonds is 6. The highest BCUT2D eigenvalue weighted by Gasteiger charge is 2.21. The van der Waals surface area contributed by atoms with Crippen LogP contribution in [-0.4, -0.2) is 34.9 Å². The minimum absolute atomic E-state index is 0.0481. The van der Waals surface area contributed by atoms with Crippen LogP contribution >= 0.6 is 34.5 Å². The molecular formula is C23H23Cl2N3OS. The molecule has 0 spiro atoms. The molecule has 3 aromatic rings. The van der Waals surface area contributed by atoms with Crippen molar-refractivity contribution in [1.29, 1.82) is 0 Å². The molecule has 1 aliphatic heterocycles. The van der Waals surface area contributed by atoms with Crippen molar-refractivity contribution in [2.75, 3.05) is 13.1 Å². The minimum Gasteiger partial charge on any atom is -0.353 e. The van der Waals surface area contributed by atoms with Gasteiger partial charge >= 0.3 is 0 Å². The van der Waals surface area contributed by atoms with Crippen molar-refractivity contribution in [2.24, 2.45) is 0 Å². The van der Waals surface area contributed by atoms with Crippen LogP contribution in [0.1, 0.15) is 23.4 Å². The summed E-state index contributed by atoms with van der Waals surface area (Å²) in [6.45, 7) is 2.74. The number of halogens is 2. The van der Waals surface area contributed by atoms with Crippen LogP contribution < -0.4 is 5.32 Å². The van der Waals surface area contributed by atoms with Gasteiger partial charge in [0, 0.05) is 36.6 Å². The molecule has 1 N–H and O–H groups in total. The summed E-state index contributed by atoms with van der Waals surface area (Å²) < 4.78 is 0. The third-order valence-corrected chi connectivity index (χ3v) is 6.86. The van der Waals surface area contributed by atoms with Crippen LogP contribution in [0.15, 0.2) is 53.9 Å². The molecule has 7 heteroatoms. The number of nitrogens with one attached hydrogen (secondary N) is 1. The van der Waals surface area contributed by atoms with Gasteiger partial charge in [-0.25, -0.2) is 4.98 Å². The molecule has 1 fully saturated rings. The number of likely N-dealkylation sites (tertiary alicyclic amines) is 1. The lowest BCUT2D eigenvalue weighted by molar-refractivity contribution is -0.121. The summed E-state index contributed by atoms with van der Waals surface area (Å²) in [7, 11) is 0. The van der Waals surface area contributed by atoms with Gasteiger partial charge in [0.15, 0.2) is 0 Å². The van der Waals surface area contributed by atoms with Gasteiger partial charge in [0.1, 0.15) is 5.01 Å². The van der Waals surface area contributed by atoms with Gasteiger partial charge < -0.3 is 5.32 Å². The Hall–Kier alpha value is -1.92. The van der Waals surface area contributed by atoms with E-state index in [1.165, 1.54) is 11.3 Å². The summed E-state index contributed by atoms with van der Waals surface area (Å²) in [6, 6.07) is 16.0. The summed E-state index contributed by atoms with van der Waals surface area (Å²) in [5.41, 5.74) is 3.17. The maximum absolute atomic E-state index is 12.5. The number of carbonyl (C=O) groups is 1. The Kier molecular flexibility index (Phi) is 7.05. The van der Waals surface area contributed by atoms with Crippen molar-refractivity contribution in [3.8, 4) is 11.3 Å². The molecule has 2 aromatic carbocycles. The van der Waals surface area contributed by atoms with Gasteiger partial charge in [0.05, 0.1) is 22.2 Å². The number of amides is 1. The standard InChI is InChI=1S/C23H23Cl2N3OS/c24-19-7-6-16(12-20(19)25)14-28-10-8-18(9-11-28)26-22(29)13-23-27-21(15-30-23)17-4-2-1-3-5-17/h1-7,12,15,18H,8-11,13-14H2,(H,26,29). The van der Waals surface area contributed by atoms with Gasteiger partial charge in [-0.2, -0.15) is 0 Å². The fraction of sp³-hybridized carbons (Fsp3) is 0.304. The summed E-state index contributed by atoms with van der Waals surface area (Å²) >= 11 is 13.6. The molecule has 1 aromatic heterocycles. The molecule has 1 saturated heterocycles. The summed E-state index contributed by atoms with van der Waals surface area (Å²) in [5, 5.41) is 7.22. The highest BCUT2D eigenvalue weighted by Crippen LogP contribution is 2.24. The Balaban J connectivity index is 1.23. The smallest absolute Gasteiger partial charge is 0.227 e. The number of hydrogen-bond donors (Lipinski definition) is 1. The molecule has 0 aliphatic carbocycles. The molecule has 0 unspecified atom stereocenters. The number of piperidine rings is 1. The lowest BCUT2D eigenvalue weighted by Crippen LogP contribution is -2.44. The maximum atomic E-state index is 12.5. The second-order valence-corrected chi connectivity index (χ2v) is 9.29. The first-order valence-corrected chi connectivity index (χ1v) is 11.7. The van der Waals surface area contributed by atoms with E-state index in [4.69, 9.17) is 23.2 Å². The first kappa shape index (κ1) is 21.3. The number of nitrogens with zero attached hydrogens (tertiary/aromatic N) is 2. The molecule has 0 radical (unpaired) electrons. The van der Waals surface area contributed by atoms with E-state index in [0.717, 1.165) is 54.3 Å². The Bertz CT molecular complexity index is 1000. The average molecular weight is 460 g/mol. The topological polar surface area (TPSA) is 45.2 Å². The number of hydrogen-bond acceptors (Lipinski definition) is 4. The van der Waals surface area contributed by atoms with Crippen molar-refractivity contribution < 1.29 is 4.79 Å².